The highest BCUT2D eigenvalue weighted by molar-refractivity contribution is 6.18. The molecule has 0 amide bonds. The number of ether oxygens (including phenoxy) is 1. The van der Waals surface area contributed by atoms with Gasteiger partial charge in [0.25, 0.3) is 5.88 Å². The van der Waals surface area contributed by atoms with Crippen LogP contribution in [0.2, 0.25) is 0 Å². The van der Waals surface area contributed by atoms with Crippen LogP contribution < -0.4 is 9.62 Å². The van der Waals surface area contributed by atoms with Crippen LogP contribution in [0.3, 0.4) is 0 Å². The third-order valence-corrected chi connectivity index (χ3v) is 4.72. The van der Waals surface area contributed by atoms with E-state index in [0.717, 1.165) is 38.5 Å². The Labute approximate surface area is 143 Å². The molecule has 0 aliphatic carbocycles. The fourth-order valence-electron chi connectivity index (χ4n) is 3.72. The van der Waals surface area contributed by atoms with E-state index in [9.17, 15) is 10.5 Å². The molecule has 0 aliphatic heterocycles. The lowest BCUT2D eigenvalue weighted by Crippen LogP contribution is -2.02. The second kappa shape index (κ2) is 5.16. The SMILES string of the molecule is COc1c(C#N)c(C)cc2c3c([nH]c4c(C)cc(C)cc43)c(OO)n12. The van der Waals surface area contributed by atoms with Crippen LogP contribution in [0.5, 0.6) is 11.8 Å². The topological polar surface area (TPSA) is 82.7 Å². The highest BCUT2D eigenvalue weighted by Crippen LogP contribution is 2.42. The molecule has 4 aromatic rings. The number of H-pyrrole nitrogens is 1. The molecule has 0 bridgehead atoms. The first-order chi connectivity index (χ1) is 12.0. The van der Waals surface area contributed by atoms with Crippen LogP contribution in [0.1, 0.15) is 22.3 Å². The molecule has 0 saturated heterocycles. The van der Waals surface area contributed by atoms with Gasteiger partial charge in [-0.15, -0.1) is 0 Å². The lowest BCUT2D eigenvalue weighted by Gasteiger charge is -2.11. The van der Waals surface area contributed by atoms with Crippen LogP contribution in [0.25, 0.3) is 27.3 Å². The highest BCUT2D eigenvalue weighted by atomic mass is 17.1. The van der Waals surface area contributed by atoms with E-state index >= 15 is 0 Å². The van der Waals surface area contributed by atoms with Crippen molar-refractivity contribution in [1.82, 2.24) is 9.38 Å². The van der Waals surface area contributed by atoms with Crippen LogP contribution in [0.4, 0.5) is 0 Å². The van der Waals surface area contributed by atoms with Crippen molar-refractivity contribution in [3.8, 4) is 17.8 Å². The Morgan fingerprint density at radius 2 is 1.84 bits per heavy atom. The molecule has 4 rings (SSSR count). The fraction of sp³-hybridized carbons (Fsp3) is 0.211. The summed E-state index contributed by atoms with van der Waals surface area (Å²) in [5.41, 5.74) is 5.94. The lowest BCUT2D eigenvalue weighted by atomic mass is 10.1. The van der Waals surface area contributed by atoms with Gasteiger partial charge in [0.2, 0.25) is 5.88 Å². The van der Waals surface area contributed by atoms with Crippen LogP contribution in [-0.2, 0) is 0 Å². The molecule has 0 saturated carbocycles. The smallest absolute Gasteiger partial charge is 0.268 e. The van der Waals surface area contributed by atoms with Crippen molar-refractivity contribution >= 4 is 27.3 Å². The number of pyridine rings is 1. The van der Waals surface area contributed by atoms with Crippen molar-refractivity contribution in [2.24, 2.45) is 0 Å². The van der Waals surface area contributed by atoms with Crippen LogP contribution in [0, 0.1) is 32.1 Å². The largest absolute Gasteiger partial charge is 0.481 e. The zero-order valence-corrected chi connectivity index (χ0v) is 14.4. The van der Waals surface area contributed by atoms with E-state index in [1.54, 1.807) is 4.40 Å². The normalized spacial score (nSPS) is 11.4. The molecular weight excluding hydrogens is 318 g/mol. The van der Waals surface area contributed by atoms with Gasteiger partial charge in [-0.1, -0.05) is 11.6 Å². The molecule has 0 aliphatic rings. The summed E-state index contributed by atoms with van der Waals surface area (Å²) >= 11 is 0. The maximum Gasteiger partial charge on any atom is 0.268 e. The van der Waals surface area contributed by atoms with E-state index in [1.807, 2.05) is 26.8 Å². The molecule has 3 aromatic heterocycles. The zero-order chi connectivity index (χ0) is 17.9. The van der Waals surface area contributed by atoms with E-state index in [1.165, 1.54) is 7.11 Å². The predicted molar refractivity (Wildman–Crippen MR) is 95.5 cm³/mol. The Morgan fingerprint density at radius 1 is 1.08 bits per heavy atom. The number of nitrogens with one attached hydrogen (secondary N) is 1. The Balaban J connectivity index is 2.34. The van der Waals surface area contributed by atoms with Crippen molar-refractivity contribution in [2.45, 2.75) is 20.8 Å². The number of aromatic amines is 1. The first kappa shape index (κ1) is 15.4. The van der Waals surface area contributed by atoms with E-state index in [-0.39, 0.29) is 5.88 Å². The third kappa shape index (κ3) is 1.87. The molecule has 0 unspecified atom stereocenters. The van der Waals surface area contributed by atoms with Crippen molar-refractivity contribution in [3.05, 3.63) is 40.5 Å². The summed E-state index contributed by atoms with van der Waals surface area (Å²) in [4.78, 5) is 8.05. The number of rotatable bonds is 2. The van der Waals surface area contributed by atoms with E-state index in [2.05, 4.69) is 23.2 Å². The Bertz CT molecular complexity index is 1210. The molecule has 3 heterocycles. The minimum Gasteiger partial charge on any atom is -0.481 e. The van der Waals surface area contributed by atoms with Gasteiger partial charge in [-0.05, 0) is 44.0 Å². The molecule has 6 heteroatoms. The molecule has 6 nitrogen and oxygen atoms in total. The average Bonchev–Trinajstić information content (AvgIpc) is 3.08. The van der Waals surface area contributed by atoms with Crippen molar-refractivity contribution < 1.29 is 14.9 Å². The van der Waals surface area contributed by atoms with Crippen molar-refractivity contribution in [3.63, 3.8) is 0 Å². The summed E-state index contributed by atoms with van der Waals surface area (Å²) < 4.78 is 7.10. The molecule has 0 spiro atoms. The number of hydrogen-bond acceptors (Lipinski definition) is 4. The summed E-state index contributed by atoms with van der Waals surface area (Å²) in [6.07, 6.45) is 0. The van der Waals surface area contributed by atoms with Crippen LogP contribution >= 0.6 is 0 Å². The van der Waals surface area contributed by atoms with E-state index in [0.29, 0.717) is 17.0 Å². The summed E-state index contributed by atoms with van der Waals surface area (Å²) in [5, 5.41) is 21.0. The number of aromatic nitrogens is 2. The zero-order valence-electron chi connectivity index (χ0n) is 14.4. The molecule has 1 aromatic carbocycles. The minimum absolute atomic E-state index is 0.201. The quantitative estimate of drug-likeness (QED) is 0.424. The van der Waals surface area contributed by atoms with Gasteiger partial charge in [0.05, 0.1) is 12.6 Å². The van der Waals surface area contributed by atoms with Gasteiger partial charge < -0.3 is 14.6 Å². The molecule has 0 radical (unpaired) electrons. The maximum atomic E-state index is 9.55. The molecular formula is C19H17N3O3. The van der Waals surface area contributed by atoms with Crippen LogP contribution in [0.15, 0.2) is 18.2 Å². The third-order valence-electron chi connectivity index (χ3n) is 4.72. The number of nitriles is 1. The van der Waals surface area contributed by atoms with Gasteiger partial charge in [0.1, 0.15) is 17.1 Å². The van der Waals surface area contributed by atoms with E-state index < -0.39 is 0 Å². The maximum absolute atomic E-state index is 9.55. The Kier molecular flexibility index (Phi) is 3.17. The molecule has 126 valence electrons. The van der Waals surface area contributed by atoms with Gasteiger partial charge >= 0.3 is 0 Å². The average molecular weight is 335 g/mol. The van der Waals surface area contributed by atoms with Crippen LogP contribution in [-0.4, -0.2) is 21.8 Å². The van der Waals surface area contributed by atoms with Gasteiger partial charge in [-0.25, -0.2) is 9.66 Å². The van der Waals surface area contributed by atoms with Gasteiger partial charge in [-0.3, -0.25) is 0 Å². The number of methoxy groups -OCH3 is 1. The first-order valence-electron chi connectivity index (χ1n) is 7.88. The summed E-state index contributed by atoms with van der Waals surface area (Å²) in [5.74, 6) is 0.537. The number of nitrogens with zero attached hydrogens (tertiary/aromatic N) is 2. The molecule has 0 atom stereocenters. The predicted octanol–water partition coefficient (Wildman–Crippen LogP) is 4.23. The molecule has 2 N–H and O–H groups in total. The first-order valence-corrected chi connectivity index (χ1v) is 7.88. The number of fused-ring (bicyclic) bond motifs is 5. The summed E-state index contributed by atoms with van der Waals surface area (Å²) in [6.45, 7) is 5.95. The highest BCUT2D eigenvalue weighted by Gasteiger charge is 2.24. The van der Waals surface area contributed by atoms with Crippen molar-refractivity contribution in [1.29, 1.82) is 5.26 Å². The monoisotopic (exact) mass is 335 g/mol. The van der Waals surface area contributed by atoms with Gasteiger partial charge in [-0.2, -0.15) is 5.26 Å². The fourth-order valence-corrected chi connectivity index (χ4v) is 3.72. The second-order valence-corrected chi connectivity index (χ2v) is 6.32. The number of hydrogen-bond donors (Lipinski definition) is 2. The standard InChI is InChI=1S/C19H17N3O3/c1-9-5-11(3)16-12(6-9)15-14-7-10(2)13(8-20)18(24-4)22(14)19(25-23)17(15)21-16/h5-7,21,23H,1-4H3. The number of benzene rings is 1. The molecule has 25 heavy (non-hydrogen) atoms. The van der Waals surface area contributed by atoms with Gasteiger partial charge in [0, 0.05) is 16.3 Å². The second-order valence-electron chi connectivity index (χ2n) is 6.32. The Morgan fingerprint density at radius 3 is 2.48 bits per heavy atom. The van der Waals surface area contributed by atoms with Crippen molar-refractivity contribution in [2.75, 3.05) is 7.11 Å². The lowest BCUT2D eigenvalue weighted by molar-refractivity contribution is -0.141. The summed E-state index contributed by atoms with van der Waals surface area (Å²) in [6, 6.07) is 8.27. The Hall–Kier alpha value is -3.17. The van der Waals surface area contributed by atoms with E-state index in [4.69, 9.17) is 9.62 Å². The summed E-state index contributed by atoms with van der Waals surface area (Å²) in [7, 11) is 1.50. The van der Waals surface area contributed by atoms with Gasteiger partial charge in [0.15, 0.2) is 0 Å². The number of aryl methyl sites for hydroxylation is 3. The molecule has 0 fully saturated rings. The minimum atomic E-state index is 0.201.